The third-order valence-electron chi connectivity index (χ3n) is 2.83. The molecule has 1 heterocycles. The van der Waals surface area contributed by atoms with Gasteiger partial charge in [0.2, 0.25) is 5.91 Å². The first-order chi connectivity index (χ1) is 7.90. The molecule has 0 spiro atoms. The fourth-order valence-electron chi connectivity index (χ4n) is 2.01. The molecule has 0 aromatic rings. The molecule has 1 rings (SSSR count). The van der Waals surface area contributed by atoms with E-state index in [4.69, 9.17) is 10.00 Å². The summed E-state index contributed by atoms with van der Waals surface area (Å²) < 4.78 is 42.8. The maximum Gasteiger partial charge on any atom is 0.393 e. The molecule has 0 aromatic heterocycles. The molecule has 2 atom stereocenters. The second-order valence-electron chi connectivity index (χ2n) is 4.00. The Morgan fingerprint density at radius 1 is 1.53 bits per heavy atom. The van der Waals surface area contributed by atoms with Crippen molar-refractivity contribution in [2.45, 2.75) is 12.6 Å². The molecule has 0 aromatic carbocycles. The Kier molecular flexibility index (Phi) is 4.34. The quantitative estimate of drug-likeness (QED) is 0.755. The molecule has 7 heteroatoms. The molecule has 1 aliphatic heterocycles. The Morgan fingerprint density at radius 2 is 2.18 bits per heavy atom. The lowest BCUT2D eigenvalue weighted by molar-refractivity contribution is -0.183. The summed E-state index contributed by atoms with van der Waals surface area (Å²) in [5.41, 5.74) is 0. The van der Waals surface area contributed by atoms with E-state index in [1.807, 2.05) is 0 Å². The number of carbonyl (C=O) groups is 1. The SMILES string of the molecule is COC[C@H]1CN(C(=O)CC#N)C[C@@H]1C(F)(F)F. The van der Waals surface area contributed by atoms with Crippen LogP contribution in [0.5, 0.6) is 0 Å². The first-order valence-electron chi connectivity index (χ1n) is 5.10. The summed E-state index contributed by atoms with van der Waals surface area (Å²) in [5.74, 6) is -2.87. The van der Waals surface area contributed by atoms with Crippen LogP contribution in [0.25, 0.3) is 0 Å². The highest BCUT2D eigenvalue weighted by molar-refractivity contribution is 5.78. The van der Waals surface area contributed by atoms with Crippen LogP contribution in [0.4, 0.5) is 13.2 Å². The molecule has 1 fully saturated rings. The summed E-state index contributed by atoms with van der Waals surface area (Å²) >= 11 is 0. The molecule has 17 heavy (non-hydrogen) atoms. The summed E-state index contributed by atoms with van der Waals surface area (Å²) in [5, 5.41) is 8.35. The van der Waals surface area contributed by atoms with Crippen LogP contribution < -0.4 is 0 Å². The summed E-state index contributed by atoms with van der Waals surface area (Å²) in [6.45, 7) is -0.420. The van der Waals surface area contributed by atoms with E-state index in [2.05, 4.69) is 0 Å². The van der Waals surface area contributed by atoms with Crippen molar-refractivity contribution >= 4 is 5.91 Å². The predicted octanol–water partition coefficient (Wildman–Crippen LogP) is 1.18. The molecule has 1 amide bonds. The lowest BCUT2D eigenvalue weighted by atomic mass is 9.96. The first kappa shape index (κ1) is 13.8. The van der Waals surface area contributed by atoms with E-state index in [-0.39, 0.29) is 26.1 Å². The van der Waals surface area contributed by atoms with Gasteiger partial charge in [-0.2, -0.15) is 18.4 Å². The van der Waals surface area contributed by atoms with Crippen molar-refractivity contribution in [1.82, 2.24) is 4.90 Å². The molecular weight excluding hydrogens is 237 g/mol. The van der Waals surface area contributed by atoms with E-state index in [0.717, 1.165) is 4.90 Å². The monoisotopic (exact) mass is 250 g/mol. The number of methoxy groups -OCH3 is 1. The first-order valence-corrected chi connectivity index (χ1v) is 5.10. The number of nitriles is 1. The van der Waals surface area contributed by atoms with Crippen molar-refractivity contribution in [3.8, 4) is 6.07 Å². The number of likely N-dealkylation sites (tertiary alicyclic amines) is 1. The number of rotatable bonds is 3. The summed E-state index contributed by atoms with van der Waals surface area (Å²) in [6.07, 6.45) is -4.73. The highest BCUT2D eigenvalue weighted by Crippen LogP contribution is 2.37. The number of alkyl halides is 3. The fourth-order valence-corrected chi connectivity index (χ4v) is 2.01. The minimum absolute atomic E-state index is 0.00146. The van der Waals surface area contributed by atoms with Crippen LogP contribution >= 0.6 is 0 Å². The summed E-state index contributed by atoms with van der Waals surface area (Å²) in [4.78, 5) is 12.5. The second-order valence-corrected chi connectivity index (χ2v) is 4.00. The van der Waals surface area contributed by atoms with Crippen LogP contribution in [0.1, 0.15) is 6.42 Å². The molecule has 4 nitrogen and oxygen atoms in total. The van der Waals surface area contributed by atoms with Crippen LogP contribution in [0, 0.1) is 23.2 Å². The summed E-state index contributed by atoms with van der Waals surface area (Å²) in [6, 6.07) is 1.64. The molecule has 96 valence electrons. The zero-order valence-electron chi connectivity index (χ0n) is 9.33. The molecule has 1 aliphatic rings. The van der Waals surface area contributed by atoms with Crippen molar-refractivity contribution in [3.63, 3.8) is 0 Å². The third kappa shape index (κ3) is 3.33. The van der Waals surface area contributed by atoms with Crippen LogP contribution in [-0.2, 0) is 9.53 Å². The van der Waals surface area contributed by atoms with E-state index in [1.54, 1.807) is 6.07 Å². The van der Waals surface area contributed by atoms with Gasteiger partial charge in [-0.25, -0.2) is 0 Å². The van der Waals surface area contributed by atoms with Crippen LogP contribution in [-0.4, -0.2) is 43.8 Å². The largest absolute Gasteiger partial charge is 0.393 e. The van der Waals surface area contributed by atoms with Crippen LogP contribution in [0.15, 0.2) is 0 Å². The normalized spacial score (nSPS) is 24.8. The Labute approximate surface area is 96.9 Å². The number of carbonyl (C=O) groups excluding carboxylic acids is 1. The number of nitrogens with zero attached hydrogens (tertiary/aromatic N) is 2. The molecular formula is C10H13F3N2O2. The van der Waals surface area contributed by atoms with Gasteiger partial charge in [0, 0.05) is 26.1 Å². The molecule has 0 unspecified atom stereocenters. The smallest absolute Gasteiger partial charge is 0.384 e. The average molecular weight is 250 g/mol. The van der Waals surface area contributed by atoms with Gasteiger partial charge in [0.05, 0.1) is 18.6 Å². The summed E-state index contributed by atoms with van der Waals surface area (Å²) in [7, 11) is 1.33. The lowest BCUT2D eigenvalue weighted by Gasteiger charge is -2.19. The van der Waals surface area contributed by atoms with Gasteiger partial charge in [0.25, 0.3) is 0 Å². The molecule has 0 N–H and O–H groups in total. The minimum Gasteiger partial charge on any atom is -0.384 e. The maximum atomic E-state index is 12.7. The fraction of sp³-hybridized carbons (Fsp3) is 0.800. The number of ether oxygens (including phenoxy) is 1. The Bertz CT molecular complexity index is 324. The Morgan fingerprint density at radius 3 is 2.65 bits per heavy atom. The number of hydrogen-bond donors (Lipinski definition) is 0. The zero-order valence-corrected chi connectivity index (χ0v) is 9.33. The minimum atomic E-state index is -4.34. The van der Waals surface area contributed by atoms with Crippen LogP contribution in [0.3, 0.4) is 0 Å². The van der Waals surface area contributed by atoms with Gasteiger partial charge in [-0.1, -0.05) is 0 Å². The predicted molar refractivity (Wildman–Crippen MR) is 51.7 cm³/mol. The number of amides is 1. The van der Waals surface area contributed by atoms with Crippen LogP contribution in [0.2, 0.25) is 0 Å². The van der Waals surface area contributed by atoms with E-state index in [9.17, 15) is 18.0 Å². The third-order valence-corrected chi connectivity index (χ3v) is 2.83. The average Bonchev–Trinajstić information content (AvgIpc) is 2.62. The van der Waals surface area contributed by atoms with Crippen molar-refractivity contribution in [2.24, 2.45) is 11.8 Å². The topological polar surface area (TPSA) is 53.3 Å². The van der Waals surface area contributed by atoms with Gasteiger partial charge in [-0.05, 0) is 0 Å². The number of halogens is 3. The number of hydrogen-bond acceptors (Lipinski definition) is 3. The second kappa shape index (κ2) is 5.36. The highest BCUT2D eigenvalue weighted by Gasteiger charge is 2.50. The van der Waals surface area contributed by atoms with E-state index in [1.165, 1.54) is 7.11 Å². The highest BCUT2D eigenvalue weighted by atomic mass is 19.4. The van der Waals surface area contributed by atoms with Gasteiger partial charge in [-0.3, -0.25) is 4.79 Å². The van der Waals surface area contributed by atoms with Gasteiger partial charge in [-0.15, -0.1) is 0 Å². The van der Waals surface area contributed by atoms with E-state index < -0.39 is 23.9 Å². The van der Waals surface area contributed by atoms with Crippen molar-refractivity contribution in [1.29, 1.82) is 5.26 Å². The Hall–Kier alpha value is -1.29. The molecule has 0 radical (unpaired) electrons. The van der Waals surface area contributed by atoms with Crippen molar-refractivity contribution in [3.05, 3.63) is 0 Å². The van der Waals surface area contributed by atoms with Crippen molar-refractivity contribution in [2.75, 3.05) is 26.8 Å². The van der Waals surface area contributed by atoms with E-state index in [0.29, 0.717) is 0 Å². The van der Waals surface area contributed by atoms with Gasteiger partial charge in [0.15, 0.2) is 0 Å². The van der Waals surface area contributed by atoms with Crippen molar-refractivity contribution < 1.29 is 22.7 Å². The zero-order chi connectivity index (χ0) is 13.1. The molecule has 0 saturated carbocycles. The Balaban J connectivity index is 2.72. The molecule has 0 aliphatic carbocycles. The standard InChI is InChI=1S/C10H13F3N2O2/c1-17-6-7-4-15(9(16)2-3-14)5-8(7)10(11,12)13/h7-8H,2,4-6H2,1H3/t7-,8+/m1/s1. The van der Waals surface area contributed by atoms with Gasteiger partial charge in [0.1, 0.15) is 6.42 Å². The van der Waals surface area contributed by atoms with Gasteiger partial charge >= 0.3 is 6.18 Å². The molecule has 1 saturated heterocycles. The van der Waals surface area contributed by atoms with Gasteiger partial charge < -0.3 is 9.64 Å². The lowest BCUT2D eigenvalue weighted by Crippen LogP contribution is -2.32. The van der Waals surface area contributed by atoms with E-state index >= 15 is 0 Å². The molecule has 0 bridgehead atoms. The maximum absolute atomic E-state index is 12.7.